The van der Waals surface area contributed by atoms with Gasteiger partial charge in [-0.1, -0.05) is 49.0 Å². The van der Waals surface area contributed by atoms with Gasteiger partial charge in [-0.15, -0.1) is 0 Å². The molecule has 1 aliphatic rings. The Morgan fingerprint density at radius 1 is 1.44 bits per heavy atom. The third-order valence-corrected chi connectivity index (χ3v) is 6.40. The second kappa shape index (κ2) is 8.27. The van der Waals surface area contributed by atoms with E-state index in [0.717, 1.165) is 5.56 Å². The van der Waals surface area contributed by atoms with Crippen LogP contribution in [-0.4, -0.2) is 50.1 Å². The van der Waals surface area contributed by atoms with Crippen LogP contribution in [-0.2, 0) is 4.74 Å². The van der Waals surface area contributed by atoms with Gasteiger partial charge < -0.3 is 10.1 Å². The number of carbonyl (C=O) groups is 1. The maximum Gasteiger partial charge on any atom is 0.283 e. The van der Waals surface area contributed by atoms with Crippen molar-refractivity contribution in [2.75, 3.05) is 19.8 Å². The van der Waals surface area contributed by atoms with E-state index in [-0.39, 0.29) is 19.1 Å². The van der Waals surface area contributed by atoms with E-state index in [1.807, 2.05) is 0 Å². The molecule has 1 aliphatic heterocycles. The van der Waals surface area contributed by atoms with Gasteiger partial charge in [0.25, 0.3) is 12.3 Å². The molecule has 2 aromatic rings. The number of fused-ring (bicyclic) bond motifs is 1. The van der Waals surface area contributed by atoms with E-state index in [1.165, 1.54) is 4.68 Å². The topological polar surface area (TPSA) is 56.1 Å². The molecule has 5 nitrogen and oxygen atoms in total. The van der Waals surface area contributed by atoms with E-state index in [9.17, 15) is 18.0 Å². The molecule has 2 heterocycles. The monoisotopic (exact) mass is 513 g/mol. The predicted octanol–water partition coefficient (Wildman–Crippen LogP) is 3.84. The molecule has 2 atom stereocenters. The maximum absolute atomic E-state index is 14.0. The normalized spacial score (nSPS) is 18.9. The second-order valence-corrected chi connectivity index (χ2v) is 8.93. The van der Waals surface area contributed by atoms with Gasteiger partial charge in [0.15, 0.2) is 0 Å². The number of ether oxygens (including phenoxy) is 1. The van der Waals surface area contributed by atoms with E-state index in [0.29, 0.717) is 16.4 Å². The fourth-order valence-electron chi connectivity index (χ4n) is 2.61. The van der Waals surface area contributed by atoms with Crippen LogP contribution >= 0.6 is 32.3 Å². The minimum absolute atomic E-state index is 0.0584. The summed E-state index contributed by atoms with van der Waals surface area (Å²) < 4.78 is 47.0. The summed E-state index contributed by atoms with van der Waals surface area (Å²) in [4.78, 5) is 12.1. The van der Waals surface area contributed by atoms with Gasteiger partial charge in [-0.25, -0.2) is 13.2 Å². The highest BCUT2D eigenvalue weighted by Gasteiger charge is 2.39. The summed E-state index contributed by atoms with van der Waals surface area (Å²) in [5.41, 5.74) is 1.67. The van der Waals surface area contributed by atoms with Crippen molar-refractivity contribution in [2.45, 2.75) is 16.1 Å². The van der Waals surface area contributed by atoms with Gasteiger partial charge in [0, 0.05) is 17.1 Å². The molecular weight excluding hydrogens is 498 g/mol. The number of nitrogens with one attached hydrogen (secondary N) is 1. The van der Waals surface area contributed by atoms with Crippen molar-refractivity contribution in [3.8, 4) is 11.3 Å². The molecule has 0 fully saturated rings. The lowest BCUT2D eigenvalue weighted by Crippen LogP contribution is -2.42. The molecule has 1 N–H and O–H groups in total. The van der Waals surface area contributed by atoms with Gasteiger partial charge >= 0.3 is 0 Å². The number of halogens is 5. The first-order valence-corrected chi connectivity index (χ1v) is 10.9. The molecule has 0 aliphatic carbocycles. The average molecular weight is 514 g/mol. The van der Waals surface area contributed by atoms with Crippen molar-refractivity contribution in [1.82, 2.24) is 15.1 Å². The number of alkyl halides is 4. The first-order chi connectivity index (χ1) is 12.8. The van der Waals surface area contributed by atoms with Gasteiger partial charge in [0.2, 0.25) is 3.68 Å². The first-order valence-electron chi connectivity index (χ1n) is 7.92. The third-order valence-electron chi connectivity index (χ3n) is 4.10. The predicted molar refractivity (Wildman–Crippen MR) is 106 cm³/mol. The van der Waals surface area contributed by atoms with Crippen molar-refractivity contribution < 1.29 is 22.7 Å². The molecule has 146 valence electrons. The Balaban J connectivity index is 1.77. The number of aromatic nitrogens is 2. The molecule has 0 bridgehead atoms. The fourth-order valence-corrected chi connectivity index (χ4v) is 3.51. The molecule has 1 aromatic heterocycles. The Morgan fingerprint density at radius 2 is 2.15 bits per heavy atom. The second-order valence-electron chi connectivity index (χ2n) is 5.94. The molecule has 10 heteroatoms. The van der Waals surface area contributed by atoms with E-state index >= 15 is 0 Å². The van der Waals surface area contributed by atoms with Crippen LogP contribution in [0.15, 0.2) is 30.3 Å². The van der Waals surface area contributed by atoms with Crippen LogP contribution in [0.5, 0.6) is 0 Å². The molecule has 2 unspecified atom stereocenters. The number of nitrogens with zero attached hydrogens (tertiary/aromatic N) is 2. The smallest absolute Gasteiger partial charge is 0.283 e. The molecule has 0 radical (unpaired) electrons. The molecular formula is C17H16ClF3IN3O2. The highest BCUT2D eigenvalue weighted by molar-refractivity contribution is 14.2. The minimum Gasteiger partial charge on any atom is -0.375 e. The molecule has 0 spiro atoms. The van der Waals surface area contributed by atoms with E-state index in [4.69, 9.17) is 16.3 Å². The van der Waals surface area contributed by atoms with E-state index in [1.54, 1.807) is 30.3 Å². The zero-order chi connectivity index (χ0) is 19.6. The number of hydrogen-bond donors (Lipinski definition) is 1. The van der Waals surface area contributed by atoms with Crippen LogP contribution in [0.2, 0.25) is 5.02 Å². The van der Waals surface area contributed by atoms with Gasteiger partial charge in [0.1, 0.15) is 5.69 Å². The molecule has 3 rings (SSSR count). The zero-order valence-electron chi connectivity index (χ0n) is 14.0. The summed E-state index contributed by atoms with van der Waals surface area (Å²) >= 11 is 4.28. The van der Waals surface area contributed by atoms with Crippen LogP contribution in [0, 0.1) is 0 Å². The van der Waals surface area contributed by atoms with Crippen LogP contribution in [0.1, 0.15) is 16.5 Å². The van der Waals surface area contributed by atoms with Crippen LogP contribution in [0.3, 0.4) is 0 Å². The van der Waals surface area contributed by atoms with Crippen LogP contribution < -0.4 is 5.32 Å². The summed E-state index contributed by atoms with van der Waals surface area (Å²) in [5, 5.41) is 7.71. The van der Waals surface area contributed by atoms with Crippen molar-refractivity contribution in [3.63, 3.8) is 0 Å². The Morgan fingerprint density at radius 3 is 2.78 bits per heavy atom. The summed E-state index contributed by atoms with van der Waals surface area (Å²) in [7, 11) is 0. The molecule has 27 heavy (non-hydrogen) atoms. The molecule has 1 amide bonds. The standard InChI is InChI=1S/C17H16ClF3IN3O2/c1-22-17(21,16(19)20)9-27-8-12-7-23-15(26)14-6-13(24-25(12)14)10-2-4-11(18)5-3-10/h2-6,12,16H,1,7-9H2,(H,23,26). The van der Waals surface area contributed by atoms with E-state index < -0.39 is 43.5 Å². The molecule has 0 saturated carbocycles. The number of rotatable bonds is 7. The summed E-state index contributed by atoms with van der Waals surface area (Å²) in [6.45, 7) is -0.579. The van der Waals surface area contributed by atoms with Crippen molar-refractivity contribution in [3.05, 3.63) is 41.0 Å². The lowest BCUT2D eigenvalue weighted by Gasteiger charge is -2.26. The Labute approximate surface area is 168 Å². The van der Waals surface area contributed by atoms with Crippen LogP contribution in [0.25, 0.3) is 11.3 Å². The highest BCUT2D eigenvalue weighted by atomic mass is 127. The summed E-state index contributed by atoms with van der Waals surface area (Å²) in [5.74, 6) is -0.296. The Hall–Kier alpha value is -1.46. The van der Waals surface area contributed by atoms with Gasteiger partial charge in [-0.3, -0.25) is 9.48 Å². The Bertz CT molecular complexity index is 846. The summed E-state index contributed by atoms with van der Waals surface area (Å²) in [6, 6.07) is 8.18. The third kappa shape index (κ3) is 4.35. The maximum atomic E-state index is 14.0. The quantitative estimate of drug-likeness (QED) is 0.452. The SMILES string of the molecule is C=IC(F)(COCC1CNC(=O)c2cc(-c3ccc(Cl)cc3)nn21)C(F)F. The Kier molecular flexibility index (Phi) is 6.21. The highest BCUT2D eigenvalue weighted by Crippen LogP contribution is 2.33. The average Bonchev–Trinajstić information content (AvgIpc) is 3.10. The molecule has 0 saturated heterocycles. The lowest BCUT2D eigenvalue weighted by atomic mass is 10.1. The van der Waals surface area contributed by atoms with E-state index in [2.05, 4.69) is 14.9 Å². The number of hydrogen-bond acceptors (Lipinski definition) is 3. The van der Waals surface area contributed by atoms with Gasteiger partial charge in [-0.05, 0) is 18.2 Å². The summed E-state index contributed by atoms with van der Waals surface area (Å²) in [6.07, 6.45) is -3.13. The number of carbonyl (C=O) groups excluding carboxylic acids is 1. The van der Waals surface area contributed by atoms with Crippen LogP contribution in [0.4, 0.5) is 13.2 Å². The lowest BCUT2D eigenvalue weighted by molar-refractivity contribution is -0.0282. The van der Waals surface area contributed by atoms with Gasteiger partial charge in [0.05, 0.1) is 24.9 Å². The zero-order valence-corrected chi connectivity index (χ0v) is 16.9. The first kappa shape index (κ1) is 20.3. The van der Waals surface area contributed by atoms with Gasteiger partial charge in [-0.2, -0.15) is 5.10 Å². The number of amides is 1. The van der Waals surface area contributed by atoms with Crippen molar-refractivity contribution >= 4 is 42.8 Å². The van der Waals surface area contributed by atoms with Crippen molar-refractivity contribution in [2.24, 2.45) is 0 Å². The fraction of sp³-hybridized carbons (Fsp3) is 0.353. The van der Waals surface area contributed by atoms with Crippen molar-refractivity contribution in [1.29, 1.82) is 0 Å². The minimum atomic E-state index is -3.13. The largest absolute Gasteiger partial charge is 0.375 e. The number of benzene rings is 1. The molecule has 1 aromatic carbocycles.